The molecule has 0 radical (unpaired) electrons. The third kappa shape index (κ3) is 4.52. The van der Waals surface area contributed by atoms with Gasteiger partial charge in [-0.25, -0.2) is 0 Å². The van der Waals surface area contributed by atoms with E-state index < -0.39 is 0 Å². The van der Waals surface area contributed by atoms with Crippen LogP contribution in [0.15, 0.2) is 95.2 Å². The minimum Gasteiger partial charge on any atom is -0.328 e. The van der Waals surface area contributed by atoms with Crippen molar-refractivity contribution in [1.29, 1.82) is 0 Å². The van der Waals surface area contributed by atoms with E-state index in [0.29, 0.717) is 17.7 Å². The molecule has 5 nitrogen and oxygen atoms in total. The maximum atomic E-state index is 13.4. The van der Waals surface area contributed by atoms with Gasteiger partial charge < -0.3 is 14.7 Å². The number of anilines is 1. The van der Waals surface area contributed by atoms with E-state index in [1.54, 1.807) is 22.7 Å². The maximum absolute atomic E-state index is 13.4. The molecular formula is C28H28N3O2S+. The first-order valence-corrected chi connectivity index (χ1v) is 12.5. The lowest BCUT2D eigenvalue weighted by Crippen LogP contribution is -3.13. The van der Waals surface area contributed by atoms with Crippen molar-refractivity contribution in [3.63, 3.8) is 0 Å². The number of hydrogen-bond donors (Lipinski definition) is 1. The topological polar surface area (TPSA) is 45.1 Å². The van der Waals surface area contributed by atoms with E-state index in [4.69, 9.17) is 0 Å². The molecule has 0 spiro atoms. The summed E-state index contributed by atoms with van der Waals surface area (Å²) >= 11 is 1.57. The lowest BCUT2D eigenvalue weighted by atomic mass is 10.1. The molecule has 0 aromatic heterocycles. The molecule has 3 aromatic rings. The van der Waals surface area contributed by atoms with E-state index in [1.807, 2.05) is 53.4 Å². The second-order valence-corrected chi connectivity index (χ2v) is 9.77. The van der Waals surface area contributed by atoms with Gasteiger partial charge in [-0.1, -0.05) is 60.3 Å². The van der Waals surface area contributed by atoms with Crippen LogP contribution in [0.1, 0.15) is 26.3 Å². The normalized spacial score (nSPS) is 15.9. The molecule has 2 aliphatic heterocycles. The minimum absolute atomic E-state index is 0.0272. The highest BCUT2D eigenvalue weighted by atomic mass is 32.2. The highest BCUT2D eigenvalue weighted by Crippen LogP contribution is 2.41. The third-order valence-electron chi connectivity index (χ3n) is 6.45. The molecule has 5 rings (SSSR count). The van der Waals surface area contributed by atoms with Crippen LogP contribution in [0.5, 0.6) is 0 Å². The Bertz CT molecular complexity index is 1220. The van der Waals surface area contributed by atoms with E-state index in [9.17, 15) is 9.59 Å². The Morgan fingerprint density at radius 3 is 2.47 bits per heavy atom. The van der Waals surface area contributed by atoms with Gasteiger partial charge in [0.05, 0.1) is 37.4 Å². The molecule has 2 aliphatic rings. The maximum Gasteiger partial charge on any atom is 0.259 e. The molecule has 1 saturated heterocycles. The monoisotopic (exact) mass is 470 g/mol. The van der Waals surface area contributed by atoms with Crippen molar-refractivity contribution < 1.29 is 14.5 Å². The number of hydrogen-bond acceptors (Lipinski definition) is 3. The van der Waals surface area contributed by atoms with Crippen molar-refractivity contribution in [3.05, 3.63) is 102 Å². The largest absolute Gasteiger partial charge is 0.328 e. The molecule has 0 aliphatic carbocycles. The number of nitrogens with one attached hydrogen (secondary N) is 1. The molecule has 1 N–H and O–H groups in total. The molecule has 1 fully saturated rings. The molecular weight excluding hydrogens is 442 g/mol. The zero-order chi connectivity index (χ0) is 23.5. The highest BCUT2D eigenvalue weighted by molar-refractivity contribution is 7.99. The summed E-state index contributed by atoms with van der Waals surface area (Å²) in [5.74, 6) is -0.0381. The lowest BCUT2D eigenvalue weighted by molar-refractivity contribution is -0.917. The van der Waals surface area contributed by atoms with Crippen LogP contribution in [-0.4, -0.2) is 49.4 Å². The van der Waals surface area contributed by atoms with Crippen LogP contribution in [0.3, 0.4) is 0 Å². The van der Waals surface area contributed by atoms with Gasteiger partial charge in [-0.05, 0) is 30.3 Å². The van der Waals surface area contributed by atoms with Crippen molar-refractivity contribution in [2.45, 2.75) is 16.3 Å². The number of quaternary nitrogens is 1. The van der Waals surface area contributed by atoms with Gasteiger partial charge in [0.2, 0.25) is 0 Å². The first-order chi connectivity index (χ1) is 16.6. The van der Waals surface area contributed by atoms with Gasteiger partial charge in [0.15, 0.2) is 0 Å². The number of amides is 2. The van der Waals surface area contributed by atoms with Gasteiger partial charge in [0.1, 0.15) is 6.54 Å². The molecule has 0 unspecified atom stereocenters. The fourth-order valence-electron chi connectivity index (χ4n) is 4.63. The molecule has 34 heavy (non-hydrogen) atoms. The predicted octanol–water partition coefficient (Wildman–Crippen LogP) is 3.52. The number of nitrogens with zero attached hydrogens (tertiary/aromatic N) is 2. The van der Waals surface area contributed by atoms with E-state index in [2.05, 4.69) is 30.8 Å². The number of carbonyl (C=O) groups excluding carboxylic acids is 2. The average molecular weight is 471 g/mol. The SMILES string of the molecule is C=CCN1C(=O)c2ccccc2Sc2ccc(C(=O)N3CC[NH+](Cc4ccccc4)CC3)cc21. The summed E-state index contributed by atoms with van der Waals surface area (Å²) < 4.78 is 0. The molecule has 172 valence electrons. The minimum atomic E-state index is -0.0653. The fourth-order valence-corrected chi connectivity index (χ4v) is 5.69. The van der Waals surface area contributed by atoms with Crippen LogP contribution in [0.25, 0.3) is 0 Å². The van der Waals surface area contributed by atoms with Gasteiger partial charge in [-0.2, -0.15) is 0 Å². The quantitative estimate of drug-likeness (QED) is 0.581. The molecule has 2 heterocycles. The third-order valence-corrected chi connectivity index (χ3v) is 7.59. The summed E-state index contributed by atoms with van der Waals surface area (Å²) in [6.07, 6.45) is 1.73. The molecule has 3 aromatic carbocycles. The summed E-state index contributed by atoms with van der Waals surface area (Å²) in [6, 6.07) is 23.9. The van der Waals surface area contributed by atoms with Gasteiger partial charge >= 0.3 is 0 Å². The smallest absolute Gasteiger partial charge is 0.259 e. The van der Waals surface area contributed by atoms with Crippen LogP contribution in [0.4, 0.5) is 5.69 Å². The predicted molar refractivity (Wildman–Crippen MR) is 136 cm³/mol. The van der Waals surface area contributed by atoms with Gasteiger partial charge in [0, 0.05) is 27.5 Å². The van der Waals surface area contributed by atoms with Crippen LogP contribution >= 0.6 is 11.8 Å². The Morgan fingerprint density at radius 2 is 1.71 bits per heavy atom. The van der Waals surface area contributed by atoms with Crippen molar-refractivity contribution in [2.24, 2.45) is 0 Å². The zero-order valence-corrected chi connectivity index (χ0v) is 19.9. The Morgan fingerprint density at radius 1 is 0.971 bits per heavy atom. The van der Waals surface area contributed by atoms with Crippen molar-refractivity contribution in [2.75, 3.05) is 37.6 Å². The second kappa shape index (κ2) is 9.87. The number of rotatable bonds is 5. The Labute approximate surface area is 204 Å². The van der Waals surface area contributed by atoms with Crippen LogP contribution in [-0.2, 0) is 6.54 Å². The van der Waals surface area contributed by atoms with E-state index in [1.165, 1.54) is 10.5 Å². The Balaban J connectivity index is 1.34. The molecule has 0 atom stereocenters. The standard InChI is InChI=1S/C28H27N3O2S/c1-2-14-31-24-19-22(12-13-26(24)34-25-11-7-6-10-23(25)28(31)33)27(32)30-17-15-29(16-18-30)20-21-8-4-3-5-9-21/h2-13,19H,1,14-18,20H2/p+1. The Kier molecular flexibility index (Phi) is 6.52. The van der Waals surface area contributed by atoms with Crippen molar-refractivity contribution in [1.82, 2.24) is 4.90 Å². The van der Waals surface area contributed by atoms with Gasteiger partial charge in [0.25, 0.3) is 11.8 Å². The first-order valence-electron chi connectivity index (χ1n) is 11.6. The van der Waals surface area contributed by atoms with Gasteiger partial charge in [-0.15, -0.1) is 6.58 Å². The fraction of sp³-hybridized carbons (Fsp3) is 0.214. The average Bonchev–Trinajstić information content (AvgIpc) is 2.99. The summed E-state index contributed by atoms with van der Waals surface area (Å²) in [6.45, 7) is 8.53. The van der Waals surface area contributed by atoms with Crippen LogP contribution < -0.4 is 9.80 Å². The number of carbonyl (C=O) groups is 2. The summed E-state index contributed by atoms with van der Waals surface area (Å²) in [4.78, 5) is 33.8. The Hall–Kier alpha value is -3.35. The van der Waals surface area contributed by atoms with Crippen molar-refractivity contribution >= 4 is 29.3 Å². The summed E-state index contributed by atoms with van der Waals surface area (Å²) in [5, 5.41) is 0. The molecule has 6 heteroatoms. The first kappa shape index (κ1) is 22.4. The van der Waals surface area contributed by atoms with E-state index >= 15 is 0 Å². The van der Waals surface area contributed by atoms with Gasteiger partial charge in [-0.3, -0.25) is 9.59 Å². The van der Waals surface area contributed by atoms with E-state index in [-0.39, 0.29) is 11.8 Å². The highest BCUT2D eigenvalue weighted by Gasteiger charge is 2.29. The van der Waals surface area contributed by atoms with Crippen LogP contribution in [0, 0.1) is 0 Å². The number of fused-ring (bicyclic) bond motifs is 2. The lowest BCUT2D eigenvalue weighted by Gasteiger charge is -2.32. The molecule has 0 bridgehead atoms. The number of benzene rings is 3. The van der Waals surface area contributed by atoms with Crippen LogP contribution in [0.2, 0.25) is 0 Å². The van der Waals surface area contributed by atoms with Crippen molar-refractivity contribution in [3.8, 4) is 0 Å². The summed E-state index contributed by atoms with van der Waals surface area (Å²) in [7, 11) is 0. The zero-order valence-electron chi connectivity index (χ0n) is 19.1. The molecule has 0 saturated carbocycles. The molecule has 2 amide bonds. The second-order valence-electron chi connectivity index (χ2n) is 8.69. The van der Waals surface area contributed by atoms with E-state index in [0.717, 1.165) is 48.2 Å². The number of piperazine rings is 1. The summed E-state index contributed by atoms with van der Waals surface area (Å²) in [5.41, 5.74) is 3.40.